The van der Waals surface area contributed by atoms with E-state index < -0.39 is 0 Å². The maximum atomic E-state index is 11.8. The quantitative estimate of drug-likeness (QED) is 0.700. The van der Waals surface area contributed by atoms with Crippen molar-refractivity contribution >= 4 is 5.91 Å². The van der Waals surface area contributed by atoms with Crippen molar-refractivity contribution in [2.45, 2.75) is 0 Å². The lowest BCUT2D eigenvalue weighted by molar-refractivity contribution is 0.0960. The summed E-state index contributed by atoms with van der Waals surface area (Å²) in [6, 6.07) is 12.6. The van der Waals surface area contributed by atoms with Crippen LogP contribution in [0.4, 0.5) is 0 Å². The summed E-state index contributed by atoms with van der Waals surface area (Å²) in [6.45, 7) is 0. The molecule has 2 aromatic rings. The molecule has 0 atom stereocenters. The van der Waals surface area contributed by atoms with Crippen molar-refractivity contribution in [3.63, 3.8) is 0 Å². The predicted octanol–water partition coefficient (Wildman–Crippen LogP) is 2.05. The molecule has 1 heterocycles. The van der Waals surface area contributed by atoms with Crippen LogP contribution in [0.25, 0.3) is 0 Å². The van der Waals surface area contributed by atoms with Gasteiger partial charge in [-0.1, -0.05) is 18.2 Å². The highest BCUT2D eigenvalue weighted by Crippen LogP contribution is 2.05. The maximum absolute atomic E-state index is 11.8. The molecule has 0 amide bonds. The summed E-state index contributed by atoms with van der Waals surface area (Å²) < 4.78 is 1.41. The largest absolute Gasteiger partial charge is 0.289 e. The fourth-order valence-corrected chi connectivity index (χ4v) is 1.32. The van der Waals surface area contributed by atoms with Crippen molar-refractivity contribution in [1.29, 1.82) is 5.26 Å². The van der Waals surface area contributed by atoms with E-state index in [9.17, 15) is 4.79 Å². The van der Waals surface area contributed by atoms with Gasteiger partial charge in [-0.3, -0.25) is 9.36 Å². The third-order valence-electron chi connectivity index (χ3n) is 2.08. The number of carbonyl (C=O) groups excluding carboxylic acids is 1. The number of hydrogen-bond donors (Lipinski definition) is 0. The molecule has 0 bridgehead atoms. The molecule has 3 nitrogen and oxygen atoms in total. The molecule has 0 fully saturated rings. The molecule has 3 heteroatoms. The van der Waals surface area contributed by atoms with Gasteiger partial charge in [-0.25, -0.2) is 0 Å². The summed E-state index contributed by atoms with van der Waals surface area (Å²) in [5.74, 6) is -0.128. The second kappa shape index (κ2) is 3.81. The van der Waals surface area contributed by atoms with E-state index >= 15 is 0 Å². The van der Waals surface area contributed by atoms with E-state index in [0.717, 1.165) is 0 Å². The summed E-state index contributed by atoms with van der Waals surface area (Å²) in [5, 5.41) is 8.63. The second-order valence-corrected chi connectivity index (χ2v) is 3.09. The van der Waals surface area contributed by atoms with Crippen LogP contribution in [-0.4, -0.2) is 10.5 Å². The average Bonchev–Trinajstić information content (AvgIpc) is 2.78. The first-order valence-corrected chi connectivity index (χ1v) is 4.49. The van der Waals surface area contributed by atoms with Gasteiger partial charge in [0.15, 0.2) is 0 Å². The van der Waals surface area contributed by atoms with E-state index in [1.54, 1.807) is 24.4 Å². The molecule has 72 valence electrons. The van der Waals surface area contributed by atoms with Gasteiger partial charge in [0.2, 0.25) is 0 Å². The Morgan fingerprint density at radius 3 is 2.53 bits per heavy atom. The smallest absolute Gasteiger partial charge is 0.261 e. The van der Waals surface area contributed by atoms with E-state index in [1.165, 1.54) is 10.8 Å². The highest BCUT2D eigenvalue weighted by Gasteiger charge is 2.07. The standard InChI is InChI=1S/C12H8N2O/c13-8-10-6-7-14(9-10)12(15)11-4-2-1-3-5-11/h1-7,9H. The lowest BCUT2D eigenvalue weighted by Crippen LogP contribution is -2.09. The molecular weight excluding hydrogens is 188 g/mol. The Morgan fingerprint density at radius 2 is 1.93 bits per heavy atom. The summed E-state index contributed by atoms with van der Waals surface area (Å²) in [5.41, 5.74) is 1.09. The molecule has 0 N–H and O–H groups in total. The van der Waals surface area contributed by atoms with Gasteiger partial charge in [-0.15, -0.1) is 0 Å². The van der Waals surface area contributed by atoms with Crippen LogP contribution in [0.15, 0.2) is 48.8 Å². The van der Waals surface area contributed by atoms with Gasteiger partial charge in [0.05, 0.1) is 5.56 Å². The minimum absolute atomic E-state index is 0.128. The fraction of sp³-hybridized carbons (Fsp3) is 0. The molecule has 0 spiro atoms. The maximum Gasteiger partial charge on any atom is 0.261 e. The molecule has 2 rings (SSSR count). The number of carbonyl (C=O) groups is 1. The monoisotopic (exact) mass is 196 g/mol. The Bertz CT molecular complexity index is 520. The molecule has 0 aliphatic carbocycles. The number of benzene rings is 1. The molecule has 1 aromatic heterocycles. The van der Waals surface area contributed by atoms with Crippen LogP contribution in [0.2, 0.25) is 0 Å². The molecule has 0 radical (unpaired) electrons. The summed E-state index contributed by atoms with van der Waals surface area (Å²) in [7, 11) is 0. The summed E-state index contributed by atoms with van der Waals surface area (Å²) >= 11 is 0. The van der Waals surface area contributed by atoms with Crippen LogP contribution in [-0.2, 0) is 0 Å². The molecule has 0 aliphatic heterocycles. The van der Waals surface area contributed by atoms with E-state index in [2.05, 4.69) is 0 Å². The Morgan fingerprint density at radius 1 is 1.20 bits per heavy atom. The van der Waals surface area contributed by atoms with Crippen LogP contribution in [0.1, 0.15) is 15.9 Å². The van der Waals surface area contributed by atoms with Gasteiger partial charge in [0.25, 0.3) is 5.91 Å². The lowest BCUT2D eigenvalue weighted by atomic mass is 10.2. The lowest BCUT2D eigenvalue weighted by Gasteiger charge is -2.00. The van der Waals surface area contributed by atoms with Crippen LogP contribution in [0.5, 0.6) is 0 Å². The zero-order valence-corrected chi connectivity index (χ0v) is 7.92. The molecule has 15 heavy (non-hydrogen) atoms. The molecule has 0 saturated heterocycles. The molecule has 0 saturated carbocycles. The minimum atomic E-state index is -0.128. The van der Waals surface area contributed by atoms with Crippen molar-refractivity contribution in [1.82, 2.24) is 4.57 Å². The molecule has 0 unspecified atom stereocenters. The number of nitrogens with zero attached hydrogens (tertiary/aromatic N) is 2. The van der Waals surface area contributed by atoms with Gasteiger partial charge in [0.1, 0.15) is 6.07 Å². The van der Waals surface area contributed by atoms with Crippen LogP contribution >= 0.6 is 0 Å². The second-order valence-electron chi connectivity index (χ2n) is 3.09. The van der Waals surface area contributed by atoms with Crippen molar-refractivity contribution in [2.75, 3.05) is 0 Å². The first kappa shape index (κ1) is 9.22. The highest BCUT2D eigenvalue weighted by molar-refractivity contribution is 5.96. The third kappa shape index (κ3) is 1.79. The van der Waals surface area contributed by atoms with Crippen molar-refractivity contribution in [3.8, 4) is 6.07 Å². The number of hydrogen-bond acceptors (Lipinski definition) is 2. The summed E-state index contributed by atoms with van der Waals surface area (Å²) in [4.78, 5) is 11.8. The normalized spacial score (nSPS) is 9.53. The van der Waals surface area contributed by atoms with E-state index in [4.69, 9.17) is 5.26 Å². The minimum Gasteiger partial charge on any atom is -0.289 e. The van der Waals surface area contributed by atoms with Gasteiger partial charge in [0, 0.05) is 18.0 Å². The number of aromatic nitrogens is 1. The Kier molecular flexibility index (Phi) is 2.34. The van der Waals surface area contributed by atoms with E-state index in [-0.39, 0.29) is 5.91 Å². The van der Waals surface area contributed by atoms with Crippen LogP contribution < -0.4 is 0 Å². The van der Waals surface area contributed by atoms with Crippen LogP contribution in [0, 0.1) is 11.3 Å². The number of rotatable bonds is 1. The van der Waals surface area contributed by atoms with E-state index in [0.29, 0.717) is 11.1 Å². The predicted molar refractivity (Wildman–Crippen MR) is 55.3 cm³/mol. The first-order chi connectivity index (χ1) is 7.31. The van der Waals surface area contributed by atoms with Crippen molar-refractivity contribution < 1.29 is 4.79 Å². The fourth-order valence-electron chi connectivity index (χ4n) is 1.32. The third-order valence-corrected chi connectivity index (χ3v) is 2.08. The van der Waals surface area contributed by atoms with E-state index in [1.807, 2.05) is 24.3 Å². The Hall–Kier alpha value is -2.34. The zero-order valence-electron chi connectivity index (χ0n) is 7.92. The SMILES string of the molecule is N#Cc1ccn(C(=O)c2ccccc2)c1. The zero-order chi connectivity index (χ0) is 10.7. The first-order valence-electron chi connectivity index (χ1n) is 4.49. The van der Waals surface area contributed by atoms with Crippen molar-refractivity contribution in [3.05, 3.63) is 59.9 Å². The van der Waals surface area contributed by atoms with Gasteiger partial charge in [-0.05, 0) is 18.2 Å². The van der Waals surface area contributed by atoms with Crippen molar-refractivity contribution in [2.24, 2.45) is 0 Å². The Labute approximate surface area is 87.2 Å². The number of nitriles is 1. The Balaban J connectivity index is 2.34. The highest BCUT2D eigenvalue weighted by atomic mass is 16.2. The van der Waals surface area contributed by atoms with Gasteiger partial charge < -0.3 is 0 Å². The van der Waals surface area contributed by atoms with Gasteiger partial charge in [-0.2, -0.15) is 5.26 Å². The summed E-state index contributed by atoms with van der Waals surface area (Å²) in [6.07, 6.45) is 3.11. The molecule has 1 aromatic carbocycles. The topological polar surface area (TPSA) is 45.8 Å². The van der Waals surface area contributed by atoms with Gasteiger partial charge >= 0.3 is 0 Å². The average molecular weight is 196 g/mol. The molecule has 0 aliphatic rings. The molecular formula is C12H8N2O. The van der Waals surface area contributed by atoms with Crippen LogP contribution in [0.3, 0.4) is 0 Å².